The van der Waals surface area contributed by atoms with Crippen molar-refractivity contribution in [2.24, 2.45) is 11.8 Å². The van der Waals surface area contributed by atoms with Crippen LogP contribution in [0.4, 0.5) is 0 Å². The average Bonchev–Trinajstić information content (AvgIpc) is 2.87. The molecule has 0 radical (unpaired) electrons. The van der Waals surface area contributed by atoms with Crippen molar-refractivity contribution in [2.75, 3.05) is 27.2 Å². The third-order valence-electron chi connectivity index (χ3n) is 5.06. The summed E-state index contributed by atoms with van der Waals surface area (Å²) in [5, 5.41) is 9.37. The molecule has 0 N–H and O–H groups in total. The fourth-order valence-electron chi connectivity index (χ4n) is 3.65. The summed E-state index contributed by atoms with van der Waals surface area (Å²) in [7, 11) is 4.34. The lowest BCUT2D eigenvalue weighted by Gasteiger charge is -2.38. The van der Waals surface area contributed by atoms with Crippen LogP contribution in [-0.2, 0) is 0 Å². The smallest absolute Gasteiger partial charge is 0.0672 e. The SMILES string of the molecule is CCC1CCC(C#N)C(N2CCC(N(C)C)C2)C1. The van der Waals surface area contributed by atoms with Crippen LogP contribution in [0, 0.1) is 23.2 Å². The summed E-state index contributed by atoms with van der Waals surface area (Å²) in [6, 6.07) is 3.78. The van der Waals surface area contributed by atoms with E-state index in [1.807, 2.05) is 0 Å². The number of hydrogen-bond acceptors (Lipinski definition) is 3. The van der Waals surface area contributed by atoms with Gasteiger partial charge >= 0.3 is 0 Å². The van der Waals surface area contributed by atoms with Crippen LogP contribution in [0.3, 0.4) is 0 Å². The van der Waals surface area contributed by atoms with Gasteiger partial charge in [0.1, 0.15) is 0 Å². The lowest BCUT2D eigenvalue weighted by Crippen LogP contribution is -2.44. The first-order valence-electron chi connectivity index (χ1n) is 7.45. The molecule has 0 bridgehead atoms. The topological polar surface area (TPSA) is 30.3 Å². The van der Waals surface area contributed by atoms with Crippen LogP contribution in [0.1, 0.15) is 39.0 Å². The minimum Gasteiger partial charge on any atom is -0.305 e. The van der Waals surface area contributed by atoms with Crippen molar-refractivity contribution in [1.29, 1.82) is 5.26 Å². The molecule has 4 unspecified atom stereocenters. The fourth-order valence-corrected chi connectivity index (χ4v) is 3.65. The molecule has 18 heavy (non-hydrogen) atoms. The minimum absolute atomic E-state index is 0.272. The van der Waals surface area contributed by atoms with Crippen molar-refractivity contribution in [1.82, 2.24) is 9.80 Å². The van der Waals surface area contributed by atoms with E-state index >= 15 is 0 Å². The van der Waals surface area contributed by atoms with Crippen LogP contribution in [0.15, 0.2) is 0 Å². The van der Waals surface area contributed by atoms with Gasteiger partial charge in [0.15, 0.2) is 0 Å². The molecule has 0 spiro atoms. The Morgan fingerprint density at radius 1 is 1.28 bits per heavy atom. The maximum atomic E-state index is 9.37. The number of nitrogens with zero attached hydrogens (tertiary/aromatic N) is 3. The number of likely N-dealkylation sites (tertiary alicyclic amines) is 1. The summed E-state index contributed by atoms with van der Waals surface area (Å²) in [6.45, 7) is 4.63. The van der Waals surface area contributed by atoms with Gasteiger partial charge in [-0.3, -0.25) is 4.90 Å². The average molecular weight is 249 g/mol. The van der Waals surface area contributed by atoms with Crippen molar-refractivity contribution in [2.45, 2.75) is 51.1 Å². The molecule has 0 amide bonds. The Morgan fingerprint density at radius 2 is 2.06 bits per heavy atom. The molecule has 0 aromatic rings. The summed E-state index contributed by atoms with van der Waals surface area (Å²) in [5.41, 5.74) is 0. The molecular weight excluding hydrogens is 222 g/mol. The molecule has 1 aliphatic carbocycles. The van der Waals surface area contributed by atoms with Gasteiger partial charge in [-0.1, -0.05) is 13.3 Å². The second kappa shape index (κ2) is 6.04. The Hall–Kier alpha value is -0.590. The molecule has 1 saturated carbocycles. The van der Waals surface area contributed by atoms with Crippen molar-refractivity contribution in [3.05, 3.63) is 0 Å². The molecule has 2 rings (SSSR count). The highest BCUT2D eigenvalue weighted by Crippen LogP contribution is 2.35. The second-order valence-electron chi connectivity index (χ2n) is 6.29. The lowest BCUT2D eigenvalue weighted by atomic mass is 9.77. The van der Waals surface area contributed by atoms with E-state index in [1.54, 1.807) is 0 Å². The summed E-state index contributed by atoms with van der Waals surface area (Å²) in [4.78, 5) is 4.93. The summed E-state index contributed by atoms with van der Waals surface area (Å²) in [5.74, 6) is 1.12. The predicted molar refractivity (Wildman–Crippen MR) is 74.2 cm³/mol. The molecule has 102 valence electrons. The Balaban J connectivity index is 1.99. The quantitative estimate of drug-likeness (QED) is 0.769. The first-order valence-corrected chi connectivity index (χ1v) is 7.45. The van der Waals surface area contributed by atoms with Gasteiger partial charge in [-0.15, -0.1) is 0 Å². The molecule has 2 fully saturated rings. The van der Waals surface area contributed by atoms with Gasteiger partial charge in [-0.2, -0.15) is 5.26 Å². The number of nitriles is 1. The van der Waals surface area contributed by atoms with Crippen LogP contribution in [-0.4, -0.2) is 49.1 Å². The fraction of sp³-hybridized carbons (Fsp3) is 0.933. The Morgan fingerprint density at radius 3 is 2.61 bits per heavy atom. The normalized spacial score (nSPS) is 37.9. The Kier molecular flexibility index (Phi) is 4.64. The van der Waals surface area contributed by atoms with E-state index < -0.39 is 0 Å². The highest BCUT2D eigenvalue weighted by molar-refractivity contribution is 4.99. The van der Waals surface area contributed by atoms with Gasteiger partial charge in [0, 0.05) is 25.2 Å². The van der Waals surface area contributed by atoms with Crippen molar-refractivity contribution in [3.63, 3.8) is 0 Å². The van der Waals surface area contributed by atoms with E-state index in [4.69, 9.17) is 0 Å². The predicted octanol–water partition coefficient (Wildman–Crippen LogP) is 2.34. The van der Waals surface area contributed by atoms with E-state index in [9.17, 15) is 5.26 Å². The molecule has 0 aromatic carbocycles. The van der Waals surface area contributed by atoms with Gasteiger partial charge < -0.3 is 4.90 Å². The summed E-state index contributed by atoms with van der Waals surface area (Å²) in [6.07, 6.45) is 6.16. The largest absolute Gasteiger partial charge is 0.305 e. The number of likely N-dealkylation sites (N-methyl/N-ethyl adjacent to an activating group) is 1. The van der Waals surface area contributed by atoms with Crippen molar-refractivity contribution < 1.29 is 0 Å². The second-order valence-corrected chi connectivity index (χ2v) is 6.29. The third kappa shape index (κ3) is 2.87. The lowest BCUT2D eigenvalue weighted by molar-refractivity contribution is 0.115. The summed E-state index contributed by atoms with van der Waals surface area (Å²) < 4.78 is 0. The third-order valence-corrected chi connectivity index (χ3v) is 5.06. The highest BCUT2D eigenvalue weighted by atomic mass is 15.2. The van der Waals surface area contributed by atoms with E-state index in [1.165, 1.54) is 32.2 Å². The number of rotatable bonds is 3. The molecule has 3 nitrogen and oxygen atoms in total. The van der Waals surface area contributed by atoms with E-state index in [0.717, 1.165) is 18.9 Å². The Bertz CT molecular complexity index is 307. The van der Waals surface area contributed by atoms with Gasteiger partial charge in [-0.25, -0.2) is 0 Å². The monoisotopic (exact) mass is 249 g/mol. The maximum Gasteiger partial charge on any atom is 0.0672 e. The van der Waals surface area contributed by atoms with Crippen molar-refractivity contribution in [3.8, 4) is 6.07 Å². The molecule has 1 aliphatic heterocycles. The zero-order chi connectivity index (χ0) is 13.1. The van der Waals surface area contributed by atoms with Crippen LogP contribution in [0.25, 0.3) is 0 Å². The van der Waals surface area contributed by atoms with Gasteiger partial charge in [-0.05, 0) is 45.7 Å². The zero-order valence-corrected chi connectivity index (χ0v) is 12.1. The number of hydrogen-bond donors (Lipinski definition) is 0. The standard InChI is InChI=1S/C15H27N3/c1-4-12-5-6-13(10-16)15(9-12)18-8-7-14(11-18)17(2)3/h12-15H,4-9,11H2,1-3H3. The van der Waals surface area contributed by atoms with Gasteiger partial charge in [0.2, 0.25) is 0 Å². The van der Waals surface area contributed by atoms with E-state index in [0.29, 0.717) is 12.1 Å². The van der Waals surface area contributed by atoms with E-state index in [2.05, 4.69) is 36.9 Å². The van der Waals surface area contributed by atoms with Crippen LogP contribution in [0.2, 0.25) is 0 Å². The zero-order valence-electron chi connectivity index (χ0n) is 12.1. The van der Waals surface area contributed by atoms with Gasteiger partial charge in [0.05, 0.1) is 12.0 Å². The van der Waals surface area contributed by atoms with Crippen LogP contribution >= 0.6 is 0 Å². The molecule has 3 heteroatoms. The van der Waals surface area contributed by atoms with Gasteiger partial charge in [0.25, 0.3) is 0 Å². The maximum absolute atomic E-state index is 9.37. The molecule has 0 aromatic heterocycles. The van der Waals surface area contributed by atoms with E-state index in [-0.39, 0.29) is 5.92 Å². The summed E-state index contributed by atoms with van der Waals surface area (Å²) >= 11 is 0. The Labute approximate surface area is 112 Å². The van der Waals surface area contributed by atoms with Crippen LogP contribution < -0.4 is 0 Å². The first kappa shape index (κ1) is 13.8. The molecule has 4 atom stereocenters. The molecule has 2 aliphatic rings. The molecule has 1 saturated heterocycles. The van der Waals surface area contributed by atoms with Crippen molar-refractivity contribution >= 4 is 0 Å². The highest BCUT2D eigenvalue weighted by Gasteiger charge is 2.37. The first-order chi connectivity index (χ1) is 8.65. The minimum atomic E-state index is 0.272. The molecular formula is C15H27N3. The molecule has 1 heterocycles. The van der Waals surface area contributed by atoms with Crippen LogP contribution in [0.5, 0.6) is 0 Å².